The lowest BCUT2D eigenvalue weighted by atomic mass is 10.0. The van der Waals surface area contributed by atoms with Crippen molar-refractivity contribution in [1.29, 1.82) is 0 Å². The van der Waals surface area contributed by atoms with Gasteiger partial charge >= 0.3 is 0 Å². The molecule has 1 atom stereocenters. The third kappa shape index (κ3) is 2.49. The number of aromatic nitrogens is 1. The minimum atomic E-state index is -0.195. The van der Waals surface area contributed by atoms with Crippen LogP contribution >= 0.6 is 22.9 Å². The first kappa shape index (κ1) is 11.3. The molecule has 1 aromatic heterocycles. The Morgan fingerprint density at radius 1 is 1.44 bits per heavy atom. The second-order valence-corrected chi connectivity index (χ2v) is 4.74. The number of carbonyl (C=O) groups is 1. The molecule has 0 N–H and O–H groups in total. The van der Waals surface area contributed by atoms with Crippen LogP contribution in [0.4, 0.5) is 0 Å². The average molecular weight is 252 g/mol. The van der Waals surface area contributed by atoms with Gasteiger partial charge in [0.1, 0.15) is 11.3 Å². The monoisotopic (exact) mass is 251 g/mol. The maximum atomic E-state index is 11.0. The molecule has 1 heterocycles. The molecule has 0 saturated carbocycles. The van der Waals surface area contributed by atoms with Gasteiger partial charge in [0, 0.05) is 16.6 Å². The van der Waals surface area contributed by atoms with Crippen LogP contribution in [0.3, 0.4) is 0 Å². The summed E-state index contributed by atoms with van der Waals surface area (Å²) in [7, 11) is 0. The van der Waals surface area contributed by atoms with Crippen molar-refractivity contribution >= 4 is 29.2 Å². The Hall–Kier alpha value is -1.19. The molecule has 16 heavy (non-hydrogen) atoms. The van der Waals surface area contributed by atoms with Crippen molar-refractivity contribution in [2.24, 2.45) is 0 Å². The largest absolute Gasteiger partial charge is 0.303 e. The summed E-state index contributed by atoms with van der Waals surface area (Å²) < 4.78 is 0. The number of carbonyl (C=O) groups excluding carboxylic acids is 1. The Balaban J connectivity index is 2.20. The average Bonchev–Trinajstić information content (AvgIpc) is 2.81. The van der Waals surface area contributed by atoms with Crippen LogP contribution in [0.25, 0.3) is 0 Å². The molecule has 1 aromatic carbocycles. The van der Waals surface area contributed by atoms with Crippen LogP contribution < -0.4 is 0 Å². The molecule has 0 aliphatic heterocycles. The number of nitrogens with zero attached hydrogens (tertiary/aromatic N) is 1. The number of hydrogen-bond acceptors (Lipinski definition) is 3. The van der Waals surface area contributed by atoms with Gasteiger partial charge in [0.2, 0.25) is 0 Å². The summed E-state index contributed by atoms with van der Waals surface area (Å²) in [4.78, 5) is 15.2. The Labute approximate surface area is 103 Å². The summed E-state index contributed by atoms with van der Waals surface area (Å²) in [6.07, 6.45) is 3.25. The van der Waals surface area contributed by atoms with Crippen molar-refractivity contribution in [3.05, 3.63) is 51.4 Å². The van der Waals surface area contributed by atoms with Gasteiger partial charge in [-0.3, -0.25) is 0 Å². The molecule has 0 radical (unpaired) electrons. The van der Waals surface area contributed by atoms with Gasteiger partial charge in [0.25, 0.3) is 0 Å². The van der Waals surface area contributed by atoms with Gasteiger partial charge in [0.15, 0.2) is 0 Å². The zero-order valence-corrected chi connectivity index (χ0v) is 10.0. The summed E-state index contributed by atoms with van der Waals surface area (Å²) >= 11 is 7.55. The molecule has 0 spiro atoms. The molecule has 2 aromatic rings. The van der Waals surface area contributed by atoms with Gasteiger partial charge in [-0.25, -0.2) is 4.98 Å². The lowest BCUT2D eigenvalue weighted by molar-refractivity contribution is -0.109. The highest BCUT2D eigenvalue weighted by Crippen LogP contribution is 2.24. The molecule has 0 saturated heterocycles. The number of thiazole rings is 1. The van der Waals surface area contributed by atoms with Crippen LogP contribution in [-0.4, -0.2) is 11.3 Å². The number of rotatable bonds is 4. The maximum absolute atomic E-state index is 11.0. The maximum Gasteiger partial charge on any atom is 0.130 e. The van der Waals surface area contributed by atoms with E-state index in [1.54, 1.807) is 6.20 Å². The number of benzene rings is 1. The normalized spacial score (nSPS) is 12.3. The fourth-order valence-corrected chi connectivity index (χ4v) is 2.42. The van der Waals surface area contributed by atoms with Gasteiger partial charge in [-0.05, 0) is 18.1 Å². The molecule has 4 heteroatoms. The van der Waals surface area contributed by atoms with E-state index in [4.69, 9.17) is 11.6 Å². The molecule has 0 fully saturated rings. The van der Waals surface area contributed by atoms with Crippen molar-refractivity contribution in [3.8, 4) is 0 Å². The zero-order chi connectivity index (χ0) is 11.4. The van der Waals surface area contributed by atoms with Gasteiger partial charge in [-0.15, -0.1) is 11.3 Å². The Morgan fingerprint density at radius 2 is 2.25 bits per heavy atom. The van der Waals surface area contributed by atoms with Crippen LogP contribution in [-0.2, 0) is 11.2 Å². The second-order valence-electron chi connectivity index (χ2n) is 3.41. The molecule has 0 amide bonds. The highest BCUT2D eigenvalue weighted by Gasteiger charge is 2.15. The van der Waals surface area contributed by atoms with Crippen molar-refractivity contribution < 1.29 is 4.79 Å². The van der Waals surface area contributed by atoms with Crippen molar-refractivity contribution in [1.82, 2.24) is 4.98 Å². The van der Waals surface area contributed by atoms with Gasteiger partial charge in [-0.1, -0.05) is 29.8 Å². The van der Waals surface area contributed by atoms with E-state index in [-0.39, 0.29) is 5.92 Å². The van der Waals surface area contributed by atoms with E-state index in [0.29, 0.717) is 11.4 Å². The standard InChI is InChI=1S/C12H10ClNOS/c13-11-4-2-1-3-9(11)7-10(8-15)12-14-5-6-16-12/h1-6,8,10H,7H2. The smallest absolute Gasteiger partial charge is 0.130 e. The third-order valence-corrected chi connectivity index (χ3v) is 3.61. The molecule has 2 nitrogen and oxygen atoms in total. The third-order valence-electron chi connectivity index (χ3n) is 2.33. The quantitative estimate of drug-likeness (QED) is 0.781. The zero-order valence-electron chi connectivity index (χ0n) is 8.47. The molecule has 0 aliphatic rings. The summed E-state index contributed by atoms with van der Waals surface area (Å²) in [5.41, 5.74) is 0.983. The van der Waals surface area contributed by atoms with E-state index in [2.05, 4.69) is 4.98 Å². The first-order chi connectivity index (χ1) is 7.81. The number of aldehydes is 1. The number of hydrogen-bond donors (Lipinski definition) is 0. The topological polar surface area (TPSA) is 30.0 Å². The molecule has 82 valence electrons. The summed E-state index contributed by atoms with van der Waals surface area (Å²) in [5, 5.41) is 3.42. The summed E-state index contributed by atoms with van der Waals surface area (Å²) in [6.45, 7) is 0. The molecular formula is C12H10ClNOS. The van der Waals surface area contributed by atoms with Crippen LogP contribution in [0, 0.1) is 0 Å². The summed E-state index contributed by atoms with van der Waals surface area (Å²) in [5.74, 6) is -0.195. The van der Waals surface area contributed by atoms with E-state index in [0.717, 1.165) is 16.9 Å². The van der Waals surface area contributed by atoms with Gasteiger partial charge < -0.3 is 4.79 Å². The second kappa shape index (κ2) is 5.23. The Morgan fingerprint density at radius 3 is 2.88 bits per heavy atom. The molecular weight excluding hydrogens is 242 g/mol. The fraction of sp³-hybridized carbons (Fsp3) is 0.167. The molecule has 2 rings (SSSR count). The predicted molar refractivity (Wildman–Crippen MR) is 66.1 cm³/mol. The summed E-state index contributed by atoms with van der Waals surface area (Å²) in [6, 6.07) is 7.57. The fourth-order valence-electron chi connectivity index (χ4n) is 1.51. The molecule has 0 bridgehead atoms. The van der Waals surface area contributed by atoms with Crippen molar-refractivity contribution in [2.75, 3.05) is 0 Å². The number of halogens is 1. The first-order valence-corrected chi connectivity index (χ1v) is 6.15. The predicted octanol–water partition coefficient (Wildman–Crippen LogP) is 3.32. The van der Waals surface area contributed by atoms with E-state index in [1.165, 1.54) is 11.3 Å². The Bertz CT molecular complexity index is 470. The minimum Gasteiger partial charge on any atom is -0.303 e. The van der Waals surface area contributed by atoms with Crippen LogP contribution in [0.1, 0.15) is 16.5 Å². The highest BCUT2D eigenvalue weighted by atomic mass is 35.5. The van der Waals surface area contributed by atoms with E-state index in [1.807, 2.05) is 29.6 Å². The minimum absolute atomic E-state index is 0.195. The van der Waals surface area contributed by atoms with Crippen molar-refractivity contribution in [3.63, 3.8) is 0 Å². The van der Waals surface area contributed by atoms with Gasteiger partial charge in [-0.2, -0.15) is 0 Å². The lowest BCUT2D eigenvalue weighted by Crippen LogP contribution is -2.04. The SMILES string of the molecule is O=CC(Cc1ccccc1Cl)c1nccs1. The van der Waals surface area contributed by atoms with Crippen LogP contribution in [0.15, 0.2) is 35.8 Å². The van der Waals surface area contributed by atoms with E-state index >= 15 is 0 Å². The molecule has 1 unspecified atom stereocenters. The van der Waals surface area contributed by atoms with Crippen molar-refractivity contribution in [2.45, 2.75) is 12.3 Å². The first-order valence-electron chi connectivity index (χ1n) is 4.89. The highest BCUT2D eigenvalue weighted by molar-refractivity contribution is 7.09. The van der Waals surface area contributed by atoms with Crippen LogP contribution in [0.2, 0.25) is 5.02 Å². The lowest BCUT2D eigenvalue weighted by Gasteiger charge is -2.08. The van der Waals surface area contributed by atoms with Gasteiger partial charge in [0.05, 0.1) is 5.92 Å². The van der Waals surface area contributed by atoms with Crippen LogP contribution in [0.5, 0.6) is 0 Å². The Kier molecular flexibility index (Phi) is 3.70. The van der Waals surface area contributed by atoms with E-state index < -0.39 is 0 Å². The molecule has 0 aliphatic carbocycles. The van der Waals surface area contributed by atoms with E-state index in [9.17, 15) is 4.79 Å².